The van der Waals surface area contributed by atoms with Crippen molar-refractivity contribution in [1.82, 2.24) is 20.2 Å². The summed E-state index contributed by atoms with van der Waals surface area (Å²) in [7, 11) is 0. The van der Waals surface area contributed by atoms with Crippen LogP contribution in [0.4, 0.5) is 29.0 Å². The smallest absolute Gasteiger partial charge is 0.229 e. The Labute approximate surface area is 170 Å². The van der Waals surface area contributed by atoms with Gasteiger partial charge in [0.2, 0.25) is 5.95 Å². The number of hydrogen-bond acceptors (Lipinski definition) is 7. The highest BCUT2D eigenvalue weighted by molar-refractivity contribution is 5.85. The summed E-state index contributed by atoms with van der Waals surface area (Å²) in [4.78, 5) is 8.78. The second-order valence-corrected chi connectivity index (χ2v) is 6.64. The molecule has 0 saturated heterocycles. The summed E-state index contributed by atoms with van der Waals surface area (Å²) in [5.41, 5.74) is 8.68. The number of nitrogens with zero attached hydrogens (tertiary/aromatic N) is 3. The summed E-state index contributed by atoms with van der Waals surface area (Å²) in [6, 6.07) is 11.9. The van der Waals surface area contributed by atoms with Gasteiger partial charge in [-0.3, -0.25) is 5.10 Å². The highest BCUT2D eigenvalue weighted by Crippen LogP contribution is 2.39. The molecule has 6 N–H and O–H groups in total. The molecule has 28 heavy (non-hydrogen) atoms. The lowest BCUT2D eigenvalue weighted by Gasteiger charge is -2.09. The molecule has 3 aromatic rings. The van der Waals surface area contributed by atoms with Crippen LogP contribution in [0.1, 0.15) is 30.9 Å². The molecule has 0 amide bonds. The molecular weight excluding hydrogens is 376 g/mol. The summed E-state index contributed by atoms with van der Waals surface area (Å²) >= 11 is 0. The maximum absolute atomic E-state index is 5.51. The van der Waals surface area contributed by atoms with Crippen molar-refractivity contribution >= 4 is 41.4 Å². The van der Waals surface area contributed by atoms with Gasteiger partial charge in [0.05, 0.1) is 0 Å². The minimum atomic E-state index is 0. The normalized spacial score (nSPS) is 12.9. The SMILES string of the molecule is Cl.NCCCNc1ccc(Nc2nccc(Nc3cc(C4CC4)[nH]n3)n2)cc1. The molecule has 4 rings (SSSR count). The third kappa shape index (κ3) is 5.34. The standard InChI is InChI=1S/C19H24N8.ClH/c20-9-1-10-21-14-4-6-15(7-5-14)23-19-22-11-8-17(25-19)24-18-12-16(26-27-18)13-2-3-13;/h4-8,11-13,21H,1-3,9-10,20H2,(H3,22,23,24,25,26,27);1H. The lowest BCUT2D eigenvalue weighted by molar-refractivity contribution is 0.874. The first-order chi connectivity index (χ1) is 13.3. The Balaban J connectivity index is 0.00000225. The second-order valence-electron chi connectivity index (χ2n) is 6.64. The molecule has 0 spiro atoms. The van der Waals surface area contributed by atoms with E-state index in [0.717, 1.165) is 30.2 Å². The number of halogens is 1. The van der Waals surface area contributed by atoms with Crippen molar-refractivity contribution in [3.05, 3.63) is 48.3 Å². The minimum absolute atomic E-state index is 0. The van der Waals surface area contributed by atoms with Crippen LogP contribution in [0.5, 0.6) is 0 Å². The first-order valence-electron chi connectivity index (χ1n) is 9.26. The molecule has 148 valence electrons. The third-order valence-electron chi connectivity index (χ3n) is 4.38. The van der Waals surface area contributed by atoms with E-state index in [4.69, 9.17) is 5.73 Å². The van der Waals surface area contributed by atoms with Gasteiger partial charge in [-0.2, -0.15) is 10.1 Å². The molecule has 1 aliphatic carbocycles. The maximum Gasteiger partial charge on any atom is 0.229 e. The molecule has 0 atom stereocenters. The van der Waals surface area contributed by atoms with Gasteiger partial charge in [0.1, 0.15) is 5.82 Å². The largest absolute Gasteiger partial charge is 0.385 e. The second kappa shape index (κ2) is 9.38. The molecule has 1 fully saturated rings. The molecule has 2 aromatic heterocycles. The maximum atomic E-state index is 5.51. The van der Waals surface area contributed by atoms with Crippen LogP contribution < -0.4 is 21.7 Å². The number of benzene rings is 1. The number of aromatic amines is 1. The molecule has 1 saturated carbocycles. The van der Waals surface area contributed by atoms with Gasteiger partial charge in [-0.15, -0.1) is 12.4 Å². The van der Waals surface area contributed by atoms with Gasteiger partial charge in [-0.05, 0) is 56.1 Å². The molecule has 1 aromatic carbocycles. The van der Waals surface area contributed by atoms with E-state index in [0.29, 0.717) is 24.2 Å². The molecule has 0 radical (unpaired) electrons. The first-order valence-corrected chi connectivity index (χ1v) is 9.26. The van der Waals surface area contributed by atoms with Gasteiger partial charge in [-0.1, -0.05) is 0 Å². The van der Waals surface area contributed by atoms with E-state index >= 15 is 0 Å². The summed E-state index contributed by atoms with van der Waals surface area (Å²) in [6.45, 7) is 1.56. The van der Waals surface area contributed by atoms with Gasteiger partial charge in [-0.25, -0.2) is 4.98 Å². The van der Waals surface area contributed by atoms with E-state index in [-0.39, 0.29) is 12.4 Å². The van der Waals surface area contributed by atoms with Crippen LogP contribution in [-0.4, -0.2) is 33.3 Å². The Morgan fingerprint density at radius 1 is 1.04 bits per heavy atom. The van der Waals surface area contributed by atoms with Crippen LogP contribution >= 0.6 is 12.4 Å². The Hall–Kier alpha value is -2.84. The fourth-order valence-electron chi connectivity index (χ4n) is 2.76. The van der Waals surface area contributed by atoms with Crippen LogP contribution in [0.25, 0.3) is 0 Å². The van der Waals surface area contributed by atoms with Crippen molar-refractivity contribution in [2.75, 3.05) is 29.0 Å². The number of rotatable bonds is 9. The zero-order chi connectivity index (χ0) is 18.5. The first kappa shape index (κ1) is 19.9. The van der Waals surface area contributed by atoms with Gasteiger partial charge >= 0.3 is 0 Å². The Morgan fingerprint density at radius 3 is 2.57 bits per heavy atom. The summed E-state index contributed by atoms with van der Waals surface area (Å²) in [5.74, 6) is 2.64. The summed E-state index contributed by atoms with van der Waals surface area (Å²) in [6.07, 6.45) is 5.15. The van der Waals surface area contributed by atoms with Crippen LogP contribution in [-0.2, 0) is 0 Å². The van der Waals surface area contributed by atoms with Gasteiger partial charge < -0.3 is 21.7 Å². The molecule has 9 heteroatoms. The van der Waals surface area contributed by atoms with Crippen LogP contribution in [0.3, 0.4) is 0 Å². The highest BCUT2D eigenvalue weighted by Gasteiger charge is 2.25. The molecule has 0 unspecified atom stereocenters. The zero-order valence-electron chi connectivity index (χ0n) is 15.5. The van der Waals surface area contributed by atoms with E-state index in [9.17, 15) is 0 Å². The van der Waals surface area contributed by atoms with Crippen molar-refractivity contribution in [2.45, 2.75) is 25.2 Å². The monoisotopic (exact) mass is 400 g/mol. The van der Waals surface area contributed by atoms with Crippen molar-refractivity contribution in [3.8, 4) is 0 Å². The molecule has 1 aliphatic rings. The average Bonchev–Trinajstić information content (AvgIpc) is 3.43. The molecule has 8 nitrogen and oxygen atoms in total. The average molecular weight is 401 g/mol. The predicted molar refractivity (Wildman–Crippen MR) is 115 cm³/mol. The number of anilines is 5. The number of hydrogen-bond donors (Lipinski definition) is 5. The Bertz CT molecular complexity index is 876. The quantitative estimate of drug-likeness (QED) is 0.347. The Morgan fingerprint density at radius 2 is 1.82 bits per heavy atom. The topological polar surface area (TPSA) is 117 Å². The number of H-pyrrole nitrogens is 1. The van der Waals surface area contributed by atoms with Crippen molar-refractivity contribution in [3.63, 3.8) is 0 Å². The van der Waals surface area contributed by atoms with Crippen LogP contribution in [0.2, 0.25) is 0 Å². The fraction of sp³-hybridized carbons (Fsp3) is 0.316. The van der Waals surface area contributed by atoms with Gasteiger partial charge in [0.15, 0.2) is 5.82 Å². The van der Waals surface area contributed by atoms with Crippen molar-refractivity contribution in [2.24, 2.45) is 5.73 Å². The number of aromatic nitrogens is 4. The van der Waals surface area contributed by atoms with E-state index < -0.39 is 0 Å². The van der Waals surface area contributed by atoms with E-state index in [1.165, 1.54) is 18.5 Å². The molecule has 2 heterocycles. The number of nitrogens with one attached hydrogen (secondary N) is 4. The van der Waals surface area contributed by atoms with E-state index in [2.05, 4.69) is 36.1 Å². The summed E-state index contributed by atoms with van der Waals surface area (Å²) < 4.78 is 0. The Kier molecular flexibility index (Phi) is 6.67. The fourth-order valence-corrected chi connectivity index (χ4v) is 2.76. The zero-order valence-corrected chi connectivity index (χ0v) is 16.3. The summed E-state index contributed by atoms with van der Waals surface area (Å²) in [5, 5.41) is 17.1. The molecule has 0 aliphatic heterocycles. The van der Waals surface area contributed by atoms with E-state index in [1.54, 1.807) is 6.20 Å². The molecule has 0 bridgehead atoms. The van der Waals surface area contributed by atoms with Crippen molar-refractivity contribution in [1.29, 1.82) is 0 Å². The predicted octanol–water partition coefficient (Wildman–Crippen LogP) is 3.75. The minimum Gasteiger partial charge on any atom is -0.385 e. The van der Waals surface area contributed by atoms with Crippen molar-refractivity contribution < 1.29 is 0 Å². The lowest BCUT2D eigenvalue weighted by Crippen LogP contribution is -2.08. The lowest BCUT2D eigenvalue weighted by atomic mass is 10.2. The highest BCUT2D eigenvalue weighted by atomic mass is 35.5. The van der Waals surface area contributed by atoms with Gasteiger partial charge in [0, 0.05) is 41.8 Å². The molecular formula is C19H25ClN8. The van der Waals surface area contributed by atoms with E-state index in [1.807, 2.05) is 36.4 Å². The van der Waals surface area contributed by atoms with Crippen LogP contribution in [0, 0.1) is 0 Å². The third-order valence-corrected chi connectivity index (χ3v) is 4.38. The number of nitrogens with two attached hydrogens (primary N) is 1. The van der Waals surface area contributed by atoms with Crippen LogP contribution in [0.15, 0.2) is 42.6 Å². The van der Waals surface area contributed by atoms with Gasteiger partial charge in [0.25, 0.3) is 0 Å².